The minimum absolute atomic E-state index is 0.0934. The van der Waals surface area contributed by atoms with E-state index in [-0.39, 0.29) is 18.2 Å². The van der Waals surface area contributed by atoms with Crippen LogP contribution in [0.15, 0.2) is 24.3 Å². The van der Waals surface area contributed by atoms with Gasteiger partial charge in [0.1, 0.15) is 6.10 Å². The second-order valence-corrected chi connectivity index (χ2v) is 6.56. The summed E-state index contributed by atoms with van der Waals surface area (Å²) in [5.41, 5.74) is 2.50. The molecule has 1 aromatic carbocycles. The molecular weight excluding hydrogens is 264 g/mol. The van der Waals surface area contributed by atoms with E-state index < -0.39 is 0 Å². The van der Waals surface area contributed by atoms with Crippen molar-refractivity contribution >= 4 is 6.09 Å². The number of piperidine rings is 3. The van der Waals surface area contributed by atoms with Gasteiger partial charge in [-0.25, -0.2) is 4.79 Å². The molecule has 4 aliphatic heterocycles. The van der Waals surface area contributed by atoms with Gasteiger partial charge in [-0.15, -0.1) is 0 Å². The van der Waals surface area contributed by atoms with Gasteiger partial charge in [-0.1, -0.05) is 24.3 Å². The number of ether oxygens (including phenoxy) is 1. The summed E-state index contributed by atoms with van der Waals surface area (Å²) in [6, 6.07) is 8.41. The largest absolute Gasteiger partial charge is 0.444 e. The van der Waals surface area contributed by atoms with Crippen LogP contribution < -0.4 is 0 Å². The predicted molar refractivity (Wildman–Crippen MR) is 79.8 cm³/mol. The SMILES string of the molecule is CC1c2ccccc2CN1C(=O)OC1CN2CCC1CC2. The smallest absolute Gasteiger partial charge is 0.410 e. The number of fused-ring (bicyclic) bond motifs is 4. The standard InChI is InChI=1S/C17H22N2O2/c1-12-15-5-3-2-4-14(15)10-19(12)17(20)21-16-11-18-8-6-13(16)7-9-18/h2-5,12-13,16H,6-11H2,1H3. The lowest BCUT2D eigenvalue weighted by molar-refractivity contribution is -0.0460. The Morgan fingerprint density at radius 3 is 2.67 bits per heavy atom. The van der Waals surface area contributed by atoms with Gasteiger partial charge in [-0.05, 0) is 49.9 Å². The Labute approximate surface area is 125 Å². The molecule has 112 valence electrons. The molecule has 1 aromatic rings. The molecule has 4 heterocycles. The zero-order valence-corrected chi connectivity index (χ0v) is 12.5. The topological polar surface area (TPSA) is 32.8 Å². The molecule has 0 spiro atoms. The minimum atomic E-state index is -0.141. The fourth-order valence-corrected chi connectivity index (χ4v) is 4.04. The van der Waals surface area contributed by atoms with Gasteiger partial charge >= 0.3 is 6.09 Å². The Bertz CT molecular complexity index is 551. The average molecular weight is 286 g/mol. The fraction of sp³-hybridized carbons (Fsp3) is 0.588. The first kappa shape index (κ1) is 13.1. The van der Waals surface area contributed by atoms with Crippen molar-refractivity contribution in [2.75, 3.05) is 19.6 Å². The van der Waals surface area contributed by atoms with Crippen LogP contribution in [-0.2, 0) is 11.3 Å². The summed E-state index contributed by atoms with van der Waals surface area (Å²) >= 11 is 0. The van der Waals surface area contributed by atoms with E-state index in [0.717, 1.165) is 6.54 Å². The molecule has 3 saturated heterocycles. The number of amides is 1. The Morgan fingerprint density at radius 1 is 1.24 bits per heavy atom. The highest BCUT2D eigenvalue weighted by atomic mass is 16.6. The molecule has 0 aliphatic carbocycles. The van der Waals surface area contributed by atoms with Gasteiger partial charge in [-0.2, -0.15) is 0 Å². The summed E-state index contributed by atoms with van der Waals surface area (Å²) in [6.07, 6.45) is 2.30. The monoisotopic (exact) mass is 286 g/mol. The van der Waals surface area contributed by atoms with Crippen LogP contribution in [0.4, 0.5) is 4.79 Å². The fourth-order valence-electron chi connectivity index (χ4n) is 4.04. The van der Waals surface area contributed by atoms with Crippen LogP contribution in [0.25, 0.3) is 0 Å². The molecule has 0 saturated carbocycles. The van der Waals surface area contributed by atoms with E-state index in [1.165, 1.54) is 37.1 Å². The van der Waals surface area contributed by atoms with Crippen LogP contribution in [0, 0.1) is 5.92 Å². The Balaban J connectivity index is 1.45. The highest BCUT2D eigenvalue weighted by molar-refractivity contribution is 5.70. The van der Waals surface area contributed by atoms with Gasteiger partial charge in [0.25, 0.3) is 0 Å². The van der Waals surface area contributed by atoms with Crippen molar-refractivity contribution in [2.24, 2.45) is 5.92 Å². The normalized spacial score (nSPS) is 33.9. The van der Waals surface area contributed by atoms with Crippen molar-refractivity contribution in [1.29, 1.82) is 0 Å². The second-order valence-electron chi connectivity index (χ2n) is 6.56. The molecule has 2 atom stereocenters. The Hall–Kier alpha value is -1.55. The molecule has 4 aliphatic rings. The maximum absolute atomic E-state index is 12.6. The molecule has 0 N–H and O–H groups in total. The number of rotatable bonds is 1. The molecule has 3 fully saturated rings. The van der Waals surface area contributed by atoms with Gasteiger partial charge in [0.15, 0.2) is 0 Å². The predicted octanol–water partition coefficient (Wildman–Crippen LogP) is 2.79. The van der Waals surface area contributed by atoms with Crippen LogP contribution in [0.3, 0.4) is 0 Å². The molecule has 1 amide bonds. The lowest BCUT2D eigenvalue weighted by atomic mass is 9.86. The van der Waals surface area contributed by atoms with Crippen LogP contribution >= 0.6 is 0 Å². The van der Waals surface area contributed by atoms with Crippen molar-refractivity contribution in [1.82, 2.24) is 9.80 Å². The van der Waals surface area contributed by atoms with E-state index in [9.17, 15) is 4.79 Å². The maximum atomic E-state index is 12.6. The van der Waals surface area contributed by atoms with Crippen LogP contribution in [0.2, 0.25) is 0 Å². The van der Waals surface area contributed by atoms with E-state index in [0.29, 0.717) is 12.5 Å². The van der Waals surface area contributed by atoms with E-state index >= 15 is 0 Å². The van der Waals surface area contributed by atoms with Crippen LogP contribution in [0.5, 0.6) is 0 Å². The highest BCUT2D eigenvalue weighted by Crippen LogP contribution is 2.35. The molecular formula is C17H22N2O2. The summed E-state index contributed by atoms with van der Waals surface area (Å²) < 4.78 is 5.86. The Kier molecular flexibility index (Phi) is 3.14. The molecule has 2 unspecified atom stereocenters. The van der Waals surface area contributed by atoms with Crippen molar-refractivity contribution < 1.29 is 9.53 Å². The lowest BCUT2D eigenvalue weighted by Crippen LogP contribution is -2.52. The molecule has 5 rings (SSSR count). The second kappa shape index (κ2) is 5.02. The van der Waals surface area contributed by atoms with Crippen molar-refractivity contribution in [3.63, 3.8) is 0 Å². The third-order valence-corrected chi connectivity index (χ3v) is 5.40. The third kappa shape index (κ3) is 2.22. The lowest BCUT2D eigenvalue weighted by Gasteiger charge is -2.44. The number of benzene rings is 1. The zero-order valence-electron chi connectivity index (χ0n) is 12.5. The van der Waals surface area contributed by atoms with Crippen LogP contribution in [0.1, 0.15) is 36.9 Å². The van der Waals surface area contributed by atoms with Gasteiger partial charge in [0.2, 0.25) is 0 Å². The van der Waals surface area contributed by atoms with Crippen molar-refractivity contribution in [3.05, 3.63) is 35.4 Å². The van der Waals surface area contributed by atoms with Gasteiger partial charge < -0.3 is 4.74 Å². The first-order valence-electron chi connectivity index (χ1n) is 8.00. The summed E-state index contributed by atoms with van der Waals surface area (Å²) in [7, 11) is 0. The summed E-state index contributed by atoms with van der Waals surface area (Å²) in [5, 5.41) is 0. The van der Waals surface area contributed by atoms with Crippen molar-refractivity contribution in [3.8, 4) is 0 Å². The van der Waals surface area contributed by atoms with Crippen molar-refractivity contribution in [2.45, 2.75) is 38.5 Å². The molecule has 0 aromatic heterocycles. The number of nitrogens with zero attached hydrogens (tertiary/aromatic N) is 2. The number of carbonyl (C=O) groups is 1. The van der Waals surface area contributed by atoms with Gasteiger partial charge in [0, 0.05) is 13.1 Å². The number of hydrogen-bond donors (Lipinski definition) is 0. The number of carbonyl (C=O) groups excluding carboxylic acids is 1. The highest BCUT2D eigenvalue weighted by Gasteiger charge is 2.39. The van der Waals surface area contributed by atoms with E-state index in [4.69, 9.17) is 4.74 Å². The van der Waals surface area contributed by atoms with E-state index in [1.54, 1.807) is 0 Å². The molecule has 0 radical (unpaired) electrons. The zero-order chi connectivity index (χ0) is 14.4. The maximum Gasteiger partial charge on any atom is 0.410 e. The van der Waals surface area contributed by atoms with Crippen LogP contribution in [-0.4, -0.2) is 41.6 Å². The van der Waals surface area contributed by atoms with Gasteiger partial charge in [0.05, 0.1) is 6.04 Å². The first-order chi connectivity index (χ1) is 10.2. The summed E-state index contributed by atoms with van der Waals surface area (Å²) in [6.45, 7) is 6.03. The first-order valence-corrected chi connectivity index (χ1v) is 8.00. The Morgan fingerprint density at radius 2 is 2.00 bits per heavy atom. The summed E-state index contributed by atoms with van der Waals surface area (Å²) in [4.78, 5) is 16.8. The summed E-state index contributed by atoms with van der Waals surface area (Å²) in [5.74, 6) is 0.569. The van der Waals surface area contributed by atoms with E-state index in [2.05, 4.69) is 24.0 Å². The molecule has 21 heavy (non-hydrogen) atoms. The van der Waals surface area contributed by atoms with Gasteiger partial charge in [-0.3, -0.25) is 9.80 Å². The third-order valence-electron chi connectivity index (χ3n) is 5.40. The minimum Gasteiger partial charge on any atom is -0.444 e. The van der Waals surface area contributed by atoms with E-state index in [1.807, 2.05) is 17.0 Å². The average Bonchev–Trinajstić information content (AvgIpc) is 2.86. The molecule has 4 nitrogen and oxygen atoms in total. The quantitative estimate of drug-likeness (QED) is 0.796. The molecule has 4 heteroatoms. The molecule has 2 bridgehead atoms. The number of hydrogen-bond acceptors (Lipinski definition) is 3.